The van der Waals surface area contributed by atoms with Gasteiger partial charge in [0.05, 0.1) is 11.9 Å². The van der Waals surface area contributed by atoms with Crippen molar-refractivity contribution in [1.82, 2.24) is 10.2 Å². The Bertz CT molecular complexity index is 1090. The topological polar surface area (TPSA) is 86.8 Å². The molecule has 2 amide bonds. The van der Waals surface area contributed by atoms with Gasteiger partial charge in [-0.3, -0.25) is 13.9 Å². The van der Waals surface area contributed by atoms with Crippen LogP contribution in [-0.2, 0) is 26.2 Å². The van der Waals surface area contributed by atoms with E-state index in [1.54, 1.807) is 31.2 Å². The molecule has 0 aliphatic heterocycles. The maximum Gasteiger partial charge on any atom is 0.244 e. The van der Waals surface area contributed by atoms with Gasteiger partial charge in [-0.2, -0.15) is 0 Å². The summed E-state index contributed by atoms with van der Waals surface area (Å²) in [6.45, 7) is 5.28. The summed E-state index contributed by atoms with van der Waals surface area (Å²) in [5, 5.41) is 3.21. The highest BCUT2D eigenvalue weighted by Gasteiger charge is 2.30. The summed E-state index contributed by atoms with van der Waals surface area (Å²) in [6, 6.07) is 10.9. The first-order valence-corrected chi connectivity index (χ1v) is 12.7. The first-order chi connectivity index (χ1) is 15.4. The molecule has 0 fully saturated rings. The van der Waals surface area contributed by atoms with E-state index in [0.717, 1.165) is 16.6 Å². The van der Waals surface area contributed by atoms with Gasteiger partial charge < -0.3 is 10.2 Å². The van der Waals surface area contributed by atoms with Gasteiger partial charge in [-0.05, 0) is 42.7 Å². The number of nitrogens with zero attached hydrogens (tertiary/aromatic N) is 2. The van der Waals surface area contributed by atoms with Crippen molar-refractivity contribution in [3.63, 3.8) is 0 Å². The van der Waals surface area contributed by atoms with E-state index in [2.05, 4.69) is 5.32 Å². The van der Waals surface area contributed by atoms with Crippen LogP contribution in [-0.4, -0.2) is 50.5 Å². The normalized spacial score (nSPS) is 12.3. The summed E-state index contributed by atoms with van der Waals surface area (Å²) in [5.74, 6) is -1.43. The SMILES string of the molecule is CC(C)CNC(=O)C(C)N(Cc1ccccc1Cl)C(=O)CN(c1cccc(F)c1)S(C)(=O)=O. The maximum absolute atomic E-state index is 13.7. The zero-order chi connectivity index (χ0) is 24.8. The summed E-state index contributed by atoms with van der Waals surface area (Å²) in [7, 11) is -3.92. The molecule has 2 rings (SSSR count). The molecule has 0 saturated carbocycles. The third-order valence-electron chi connectivity index (χ3n) is 4.93. The Labute approximate surface area is 199 Å². The molecule has 1 N–H and O–H groups in total. The van der Waals surface area contributed by atoms with Crippen LogP contribution in [0.25, 0.3) is 0 Å². The molecule has 180 valence electrons. The molecular formula is C23H29ClFN3O4S. The number of hydrogen-bond donors (Lipinski definition) is 1. The second-order valence-electron chi connectivity index (χ2n) is 8.18. The molecule has 0 saturated heterocycles. The summed E-state index contributed by atoms with van der Waals surface area (Å²) in [4.78, 5) is 27.4. The quantitative estimate of drug-likeness (QED) is 0.544. The Morgan fingerprint density at radius 2 is 1.76 bits per heavy atom. The highest BCUT2D eigenvalue weighted by atomic mass is 35.5. The summed E-state index contributed by atoms with van der Waals surface area (Å²) < 4.78 is 39.4. The number of nitrogens with one attached hydrogen (secondary N) is 1. The van der Waals surface area contributed by atoms with Crippen LogP contribution in [0.1, 0.15) is 26.3 Å². The van der Waals surface area contributed by atoms with Crippen molar-refractivity contribution >= 4 is 39.1 Å². The van der Waals surface area contributed by atoms with E-state index in [1.165, 1.54) is 23.1 Å². The standard InChI is InChI=1S/C23H29ClFN3O4S/c1-16(2)13-26-23(30)17(3)27(14-18-8-5-6-11-21(18)24)22(29)15-28(33(4,31)32)20-10-7-9-19(25)12-20/h5-12,16-17H,13-15H2,1-4H3,(H,26,30). The van der Waals surface area contributed by atoms with E-state index >= 15 is 0 Å². The van der Waals surface area contributed by atoms with E-state index in [-0.39, 0.29) is 24.1 Å². The maximum atomic E-state index is 13.7. The number of rotatable bonds is 10. The molecule has 0 spiro atoms. The van der Waals surface area contributed by atoms with Gasteiger partial charge in [-0.1, -0.05) is 49.7 Å². The molecule has 1 atom stereocenters. The van der Waals surface area contributed by atoms with E-state index in [4.69, 9.17) is 11.6 Å². The van der Waals surface area contributed by atoms with Crippen LogP contribution in [0.15, 0.2) is 48.5 Å². The van der Waals surface area contributed by atoms with Crippen LogP contribution < -0.4 is 9.62 Å². The van der Waals surface area contributed by atoms with E-state index < -0.39 is 34.3 Å². The molecule has 0 bridgehead atoms. The number of carbonyl (C=O) groups excluding carboxylic acids is 2. The Kier molecular flexibility index (Phi) is 9.25. The molecule has 1 unspecified atom stereocenters. The summed E-state index contributed by atoms with van der Waals surface area (Å²) >= 11 is 6.27. The highest BCUT2D eigenvalue weighted by molar-refractivity contribution is 7.92. The second-order valence-corrected chi connectivity index (χ2v) is 10.5. The fraction of sp³-hybridized carbons (Fsp3) is 0.391. The van der Waals surface area contributed by atoms with Gasteiger partial charge in [-0.25, -0.2) is 12.8 Å². The summed E-state index contributed by atoms with van der Waals surface area (Å²) in [5.41, 5.74) is 0.619. The molecule has 7 nitrogen and oxygen atoms in total. The molecule has 10 heteroatoms. The minimum Gasteiger partial charge on any atom is -0.354 e. The molecule has 0 aliphatic rings. The van der Waals surface area contributed by atoms with Crippen molar-refractivity contribution in [3.05, 3.63) is 64.9 Å². The Hall–Kier alpha value is -2.65. The van der Waals surface area contributed by atoms with E-state index in [1.807, 2.05) is 13.8 Å². The third-order valence-corrected chi connectivity index (χ3v) is 6.44. The lowest BCUT2D eigenvalue weighted by Crippen LogP contribution is -2.51. The van der Waals surface area contributed by atoms with Crippen LogP contribution in [0.5, 0.6) is 0 Å². The number of sulfonamides is 1. The molecular weight excluding hydrogens is 469 g/mol. The number of benzene rings is 2. The zero-order valence-electron chi connectivity index (χ0n) is 19.1. The van der Waals surface area contributed by atoms with Gasteiger partial charge in [-0.15, -0.1) is 0 Å². The van der Waals surface area contributed by atoms with Gasteiger partial charge in [0.2, 0.25) is 21.8 Å². The van der Waals surface area contributed by atoms with Crippen molar-refractivity contribution in [1.29, 1.82) is 0 Å². The van der Waals surface area contributed by atoms with Crippen molar-refractivity contribution in [2.45, 2.75) is 33.4 Å². The zero-order valence-corrected chi connectivity index (χ0v) is 20.7. The van der Waals surface area contributed by atoms with Gasteiger partial charge in [0.1, 0.15) is 18.4 Å². The number of anilines is 1. The molecule has 33 heavy (non-hydrogen) atoms. The third kappa shape index (κ3) is 7.71. The summed E-state index contributed by atoms with van der Waals surface area (Å²) in [6.07, 6.45) is 0.933. The van der Waals surface area contributed by atoms with E-state index in [9.17, 15) is 22.4 Å². The van der Waals surface area contributed by atoms with Crippen LogP contribution in [0.2, 0.25) is 5.02 Å². The Morgan fingerprint density at radius 3 is 2.33 bits per heavy atom. The molecule has 2 aromatic rings. The van der Waals surface area contributed by atoms with Gasteiger partial charge in [0, 0.05) is 18.1 Å². The predicted octanol–water partition coefficient (Wildman–Crippen LogP) is 3.43. The molecule has 0 heterocycles. The minimum atomic E-state index is -3.92. The van der Waals surface area contributed by atoms with Gasteiger partial charge in [0.25, 0.3) is 0 Å². The average Bonchev–Trinajstić information content (AvgIpc) is 2.73. The average molecular weight is 498 g/mol. The van der Waals surface area contributed by atoms with Crippen LogP contribution >= 0.6 is 11.6 Å². The predicted molar refractivity (Wildman–Crippen MR) is 128 cm³/mol. The smallest absolute Gasteiger partial charge is 0.244 e. The Balaban J connectivity index is 2.38. The van der Waals surface area contributed by atoms with Crippen molar-refractivity contribution in [3.8, 4) is 0 Å². The number of hydrogen-bond acceptors (Lipinski definition) is 4. The Morgan fingerprint density at radius 1 is 1.09 bits per heavy atom. The number of carbonyl (C=O) groups is 2. The molecule has 0 aromatic heterocycles. The minimum absolute atomic E-state index is 0.00444. The van der Waals surface area contributed by atoms with Gasteiger partial charge in [0.15, 0.2) is 0 Å². The first kappa shape index (κ1) is 26.6. The largest absolute Gasteiger partial charge is 0.354 e. The van der Waals surface area contributed by atoms with E-state index in [0.29, 0.717) is 17.1 Å². The van der Waals surface area contributed by atoms with Gasteiger partial charge >= 0.3 is 0 Å². The van der Waals surface area contributed by atoms with Crippen molar-refractivity contribution in [2.75, 3.05) is 23.7 Å². The number of amides is 2. The lowest BCUT2D eigenvalue weighted by molar-refractivity contribution is -0.139. The fourth-order valence-corrected chi connectivity index (χ4v) is 4.13. The molecule has 0 aliphatic carbocycles. The van der Waals surface area contributed by atoms with Crippen LogP contribution in [0.4, 0.5) is 10.1 Å². The second kappa shape index (κ2) is 11.5. The monoisotopic (exact) mass is 497 g/mol. The molecule has 0 radical (unpaired) electrons. The van der Waals surface area contributed by atoms with Crippen LogP contribution in [0, 0.1) is 11.7 Å². The number of halogens is 2. The lowest BCUT2D eigenvalue weighted by atomic mass is 10.1. The van der Waals surface area contributed by atoms with Crippen molar-refractivity contribution < 1.29 is 22.4 Å². The molecule has 2 aromatic carbocycles. The lowest BCUT2D eigenvalue weighted by Gasteiger charge is -2.31. The first-order valence-electron chi connectivity index (χ1n) is 10.4. The van der Waals surface area contributed by atoms with Crippen LogP contribution in [0.3, 0.4) is 0 Å². The fourth-order valence-electron chi connectivity index (χ4n) is 3.09. The highest BCUT2D eigenvalue weighted by Crippen LogP contribution is 2.22. The van der Waals surface area contributed by atoms with Crippen molar-refractivity contribution in [2.24, 2.45) is 5.92 Å².